The summed E-state index contributed by atoms with van der Waals surface area (Å²) in [6.45, 7) is 0. The largest absolute Gasteiger partial charge is 0.497 e. The third-order valence-electron chi connectivity index (χ3n) is 5.24. The highest BCUT2D eigenvalue weighted by Crippen LogP contribution is 2.43. The summed E-state index contributed by atoms with van der Waals surface area (Å²) in [6.07, 6.45) is 0. The van der Waals surface area contributed by atoms with Crippen LogP contribution in [0, 0.1) is 0 Å². The van der Waals surface area contributed by atoms with Gasteiger partial charge in [-0.3, -0.25) is 4.79 Å². The molecule has 1 saturated heterocycles. The number of benzene rings is 3. The van der Waals surface area contributed by atoms with Gasteiger partial charge in [-0.05, 0) is 42.0 Å². The first kappa shape index (κ1) is 22.5. The number of hydrogen-bond acceptors (Lipinski definition) is 6. The second-order valence-corrected chi connectivity index (χ2v) is 8.45. The van der Waals surface area contributed by atoms with E-state index in [2.05, 4.69) is 0 Å². The lowest BCUT2D eigenvalue weighted by molar-refractivity contribution is -0.141. The van der Waals surface area contributed by atoms with Gasteiger partial charge in [0.25, 0.3) is 5.91 Å². The number of carboxylic acid groups (broad SMARTS) is 1. The van der Waals surface area contributed by atoms with Crippen molar-refractivity contribution in [3.63, 3.8) is 0 Å². The minimum absolute atomic E-state index is 0.274. The normalized spacial score (nSPS) is 17.5. The average molecular weight is 466 g/mol. The van der Waals surface area contributed by atoms with Crippen LogP contribution in [0.2, 0.25) is 0 Å². The van der Waals surface area contributed by atoms with E-state index in [9.17, 15) is 14.7 Å². The Morgan fingerprint density at radius 2 is 1.55 bits per heavy atom. The second-order valence-electron chi connectivity index (χ2n) is 7.34. The van der Waals surface area contributed by atoms with Gasteiger partial charge in [0, 0.05) is 17.4 Å². The van der Waals surface area contributed by atoms with Crippen LogP contribution < -0.4 is 14.2 Å². The molecule has 0 spiro atoms. The van der Waals surface area contributed by atoms with Crippen LogP contribution in [0.5, 0.6) is 23.0 Å². The molecule has 7 nitrogen and oxygen atoms in total. The number of hydrogen-bond donors (Lipinski definition) is 1. The van der Waals surface area contributed by atoms with Gasteiger partial charge < -0.3 is 24.2 Å². The molecule has 4 rings (SSSR count). The molecule has 3 aromatic carbocycles. The van der Waals surface area contributed by atoms with Gasteiger partial charge in [0.2, 0.25) is 0 Å². The highest BCUT2D eigenvalue weighted by molar-refractivity contribution is 7.99. The van der Waals surface area contributed by atoms with Gasteiger partial charge in [0.1, 0.15) is 34.4 Å². The van der Waals surface area contributed by atoms with Crippen LogP contribution in [0.4, 0.5) is 0 Å². The summed E-state index contributed by atoms with van der Waals surface area (Å²) in [6, 6.07) is 20.6. The summed E-state index contributed by atoms with van der Waals surface area (Å²) in [4.78, 5) is 27.0. The van der Waals surface area contributed by atoms with Crippen LogP contribution in [0.3, 0.4) is 0 Å². The average Bonchev–Trinajstić information content (AvgIpc) is 3.29. The SMILES string of the molecule is COc1cc(OC)cc(C(=O)N2C(C(=O)O)CSC2c2cccc(Oc3ccccc3)c2)c1. The maximum atomic E-state index is 13.6. The summed E-state index contributed by atoms with van der Waals surface area (Å²) in [7, 11) is 2.99. The maximum absolute atomic E-state index is 13.6. The molecule has 2 atom stereocenters. The Hall–Kier alpha value is -3.65. The number of rotatable bonds is 7. The maximum Gasteiger partial charge on any atom is 0.327 e. The highest BCUT2D eigenvalue weighted by atomic mass is 32.2. The lowest BCUT2D eigenvalue weighted by Crippen LogP contribution is -2.43. The van der Waals surface area contributed by atoms with E-state index in [0.29, 0.717) is 28.6 Å². The fourth-order valence-electron chi connectivity index (χ4n) is 3.64. The third kappa shape index (κ3) is 4.90. The zero-order chi connectivity index (χ0) is 23.4. The number of methoxy groups -OCH3 is 2. The molecular weight excluding hydrogens is 442 g/mol. The molecule has 2 unspecified atom stereocenters. The lowest BCUT2D eigenvalue weighted by atomic mass is 10.1. The number of carbonyl (C=O) groups is 2. The molecule has 1 amide bonds. The molecule has 1 heterocycles. The zero-order valence-corrected chi connectivity index (χ0v) is 19.0. The summed E-state index contributed by atoms with van der Waals surface area (Å²) < 4.78 is 16.5. The van der Waals surface area contributed by atoms with Gasteiger partial charge >= 0.3 is 5.97 Å². The van der Waals surface area contributed by atoms with Crippen molar-refractivity contribution in [2.24, 2.45) is 0 Å². The Morgan fingerprint density at radius 3 is 2.18 bits per heavy atom. The first-order chi connectivity index (χ1) is 16.0. The highest BCUT2D eigenvalue weighted by Gasteiger charge is 2.43. The first-order valence-electron chi connectivity index (χ1n) is 10.2. The number of nitrogens with zero attached hydrogens (tertiary/aromatic N) is 1. The van der Waals surface area contributed by atoms with Crippen molar-refractivity contribution in [1.29, 1.82) is 0 Å². The van der Waals surface area contributed by atoms with Gasteiger partial charge in [-0.15, -0.1) is 11.8 Å². The van der Waals surface area contributed by atoms with E-state index in [-0.39, 0.29) is 5.75 Å². The van der Waals surface area contributed by atoms with E-state index in [1.54, 1.807) is 18.2 Å². The molecule has 1 aliphatic rings. The Kier molecular flexibility index (Phi) is 6.74. The fraction of sp³-hybridized carbons (Fsp3) is 0.200. The number of para-hydroxylation sites is 1. The number of amides is 1. The van der Waals surface area contributed by atoms with Crippen LogP contribution in [0.15, 0.2) is 72.8 Å². The number of aliphatic carboxylic acids is 1. The van der Waals surface area contributed by atoms with Crippen molar-refractivity contribution in [3.05, 3.63) is 83.9 Å². The first-order valence-corrected chi connectivity index (χ1v) is 11.3. The van der Waals surface area contributed by atoms with Crippen molar-refractivity contribution < 1.29 is 28.9 Å². The number of thioether (sulfide) groups is 1. The van der Waals surface area contributed by atoms with E-state index in [1.165, 1.54) is 30.9 Å². The van der Waals surface area contributed by atoms with Crippen molar-refractivity contribution in [3.8, 4) is 23.0 Å². The fourth-order valence-corrected chi connectivity index (χ4v) is 5.05. The van der Waals surface area contributed by atoms with Crippen molar-refractivity contribution in [2.75, 3.05) is 20.0 Å². The molecule has 8 heteroatoms. The summed E-state index contributed by atoms with van der Waals surface area (Å²) in [5, 5.41) is 9.32. The molecule has 0 saturated carbocycles. The minimum atomic E-state index is -1.05. The predicted octanol–water partition coefficient (Wildman–Crippen LogP) is 4.84. The summed E-state index contributed by atoms with van der Waals surface area (Å²) >= 11 is 1.40. The summed E-state index contributed by atoms with van der Waals surface area (Å²) in [5.41, 5.74) is 1.07. The molecule has 0 bridgehead atoms. The van der Waals surface area contributed by atoms with Crippen LogP contribution in [0.1, 0.15) is 21.3 Å². The Labute approximate surface area is 195 Å². The Morgan fingerprint density at radius 1 is 0.879 bits per heavy atom. The number of carbonyl (C=O) groups excluding carboxylic acids is 1. The van der Waals surface area contributed by atoms with Crippen LogP contribution in [0.25, 0.3) is 0 Å². The lowest BCUT2D eigenvalue weighted by Gasteiger charge is -2.28. The van der Waals surface area contributed by atoms with Crippen molar-refractivity contribution in [2.45, 2.75) is 11.4 Å². The predicted molar refractivity (Wildman–Crippen MR) is 125 cm³/mol. The van der Waals surface area contributed by atoms with Crippen molar-refractivity contribution in [1.82, 2.24) is 4.90 Å². The summed E-state index contributed by atoms with van der Waals surface area (Å²) in [5.74, 6) is 1.00. The standard InChI is InChI=1S/C25H23NO6S/c1-30-20-12-17(13-21(14-20)31-2)23(27)26-22(25(28)29)15-33-24(26)16-7-6-10-19(11-16)32-18-8-4-3-5-9-18/h3-14,22,24H,15H2,1-2H3,(H,28,29). The van der Waals surface area contributed by atoms with E-state index in [0.717, 1.165) is 5.56 Å². The smallest absolute Gasteiger partial charge is 0.327 e. The van der Waals surface area contributed by atoms with E-state index in [1.807, 2.05) is 54.6 Å². The monoisotopic (exact) mass is 465 g/mol. The van der Waals surface area contributed by atoms with Crippen molar-refractivity contribution >= 4 is 23.6 Å². The molecular formula is C25H23NO6S. The third-order valence-corrected chi connectivity index (χ3v) is 6.56. The molecule has 1 aliphatic heterocycles. The van der Waals surface area contributed by atoms with Gasteiger partial charge in [0.05, 0.1) is 14.2 Å². The van der Waals surface area contributed by atoms with Crippen LogP contribution >= 0.6 is 11.8 Å². The van der Waals surface area contributed by atoms with Crippen LogP contribution in [-0.2, 0) is 4.79 Å². The van der Waals surface area contributed by atoms with E-state index >= 15 is 0 Å². The Balaban J connectivity index is 1.68. The topological polar surface area (TPSA) is 85.3 Å². The molecule has 33 heavy (non-hydrogen) atoms. The second kappa shape index (κ2) is 9.87. The molecule has 1 N–H and O–H groups in total. The quantitative estimate of drug-likeness (QED) is 0.535. The zero-order valence-electron chi connectivity index (χ0n) is 18.1. The van der Waals surface area contributed by atoms with Gasteiger partial charge in [-0.25, -0.2) is 4.79 Å². The number of ether oxygens (including phenoxy) is 3. The minimum Gasteiger partial charge on any atom is -0.497 e. The van der Waals surface area contributed by atoms with E-state index in [4.69, 9.17) is 14.2 Å². The molecule has 3 aromatic rings. The molecule has 170 valence electrons. The van der Waals surface area contributed by atoms with E-state index < -0.39 is 23.3 Å². The molecule has 0 aromatic heterocycles. The van der Waals surface area contributed by atoms with Crippen LogP contribution in [-0.4, -0.2) is 47.9 Å². The molecule has 0 aliphatic carbocycles. The van der Waals surface area contributed by atoms with Gasteiger partial charge in [0.15, 0.2) is 0 Å². The molecule has 0 radical (unpaired) electrons. The molecule has 1 fully saturated rings. The number of carboxylic acids is 1. The van der Waals surface area contributed by atoms with Gasteiger partial charge in [-0.1, -0.05) is 30.3 Å². The van der Waals surface area contributed by atoms with Gasteiger partial charge in [-0.2, -0.15) is 0 Å². The Bertz CT molecular complexity index is 1130.